The second-order valence-corrected chi connectivity index (χ2v) is 8.12. The zero-order valence-electron chi connectivity index (χ0n) is 17.9. The van der Waals surface area contributed by atoms with Crippen molar-refractivity contribution >= 4 is 23.2 Å². The number of fused-ring (bicyclic) bond motifs is 1. The Balaban J connectivity index is 1.27. The molecule has 4 N–H and O–H groups in total. The molecule has 0 aromatic heterocycles. The first-order valence-corrected chi connectivity index (χ1v) is 11.0. The van der Waals surface area contributed by atoms with Crippen molar-refractivity contribution in [3.05, 3.63) is 59.2 Å². The van der Waals surface area contributed by atoms with Crippen molar-refractivity contribution in [1.29, 1.82) is 0 Å². The van der Waals surface area contributed by atoms with Crippen LogP contribution in [0.1, 0.15) is 29.5 Å². The highest BCUT2D eigenvalue weighted by Gasteiger charge is 2.12. The number of hydrogen-bond acceptors (Lipinski definition) is 4. The van der Waals surface area contributed by atoms with Crippen molar-refractivity contribution < 1.29 is 9.53 Å². The van der Waals surface area contributed by atoms with Gasteiger partial charge in [0.2, 0.25) is 5.91 Å². The van der Waals surface area contributed by atoms with Gasteiger partial charge < -0.3 is 21.1 Å². The Kier molecular flexibility index (Phi) is 7.17. The van der Waals surface area contributed by atoms with E-state index in [9.17, 15) is 4.79 Å². The number of anilines is 2. The average molecular weight is 422 g/mol. The zero-order chi connectivity index (χ0) is 21.5. The number of nitrogens with two attached hydrogens (primary N) is 1. The van der Waals surface area contributed by atoms with Crippen LogP contribution in [0.25, 0.3) is 0 Å². The van der Waals surface area contributed by atoms with Crippen LogP contribution in [0.5, 0.6) is 0 Å². The van der Waals surface area contributed by atoms with Gasteiger partial charge in [-0.25, -0.2) is 4.99 Å². The summed E-state index contributed by atoms with van der Waals surface area (Å²) in [4.78, 5) is 19.0. The molecule has 1 aliphatic heterocycles. The summed E-state index contributed by atoms with van der Waals surface area (Å²) in [5, 5.41) is 6.16. The smallest absolute Gasteiger partial charge is 0.225 e. The third-order valence-electron chi connectivity index (χ3n) is 5.77. The number of amides is 1. The highest BCUT2D eigenvalue weighted by atomic mass is 16.5. The Morgan fingerprint density at radius 3 is 2.71 bits per heavy atom. The number of ether oxygens (including phenoxy) is 1. The lowest BCUT2D eigenvalue weighted by Crippen LogP contribution is -2.38. The summed E-state index contributed by atoms with van der Waals surface area (Å²) in [5.41, 5.74) is 11.7. The lowest BCUT2D eigenvalue weighted by molar-refractivity contribution is -0.116. The fraction of sp³-hybridized carbons (Fsp3) is 0.417. The molecule has 1 amide bonds. The molecule has 0 radical (unpaired) electrons. The first-order chi connectivity index (χ1) is 15.2. The Bertz CT molecular complexity index is 937. The van der Waals surface area contributed by atoms with Gasteiger partial charge in [0.15, 0.2) is 5.96 Å². The number of aliphatic imine (C=N–C) groups is 1. The number of nitrogens with zero attached hydrogens (tertiary/aromatic N) is 2. The van der Waals surface area contributed by atoms with Crippen LogP contribution in [-0.4, -0.2) is 49.6 Å². The van der Waals surface area contributed by atoms with E-state index in [1.165, 1.54) is 24.0 Å². The number of rotatable bonds is 7. The Labute approximate surface area is 183 Å². The van der Waals surface area contributed by atoms with Gasteiger partial charge in [-0.2, -0.15) is 0 Å². The van der Waals surface area contributed by atoms with Gasteiger partial charge in [-0.05, 0) is 60.2 Å². The number of nitrogens with one attached hydrogen (secondary N) is 2. The normalized spacial score (nSPS) is 16.7. The second-order valence-electron chi connectivity index (χ2n) is 8.12. The first-order valence-electron chi connectivity index (χ1n) is 11.0. The van der Waals surface area contributed by atoms with E-state index in [2.05, 4.69) is 38.7 Å². The van der Waals surface area contributed by atoms with Crippen LogP contribution in [0.2, 0.25) is 0 Å². The summed E-state index contributed by atoms with van der Waals surface area (Å²) in [5.74, 6) is 0.405. The zero-order valence-corrected chi connectivity index (χ0v) is 17.9. The van der Waals surface area contributed by atoms with Crippen LogP contribution < -0.4 is 16.4 Å². The molecule has 0 unspecified atom stereocenters. The van der Waals surface area contributed by atoms with E-state index in [4.69, 9.17) is 10.5 Å². The third kappa shape index (κ3) is 6.29. The molecule has 0 bridgehead atoms. The van der Waals surface area contributed by atoms with E-state index in [0.717, 1.165) is 56.2 Å². The molecule has 1 saturated heterocycles. The molecule has 4 rings (SSSR count). The van der Waals surface area contributed by atoms with Crippen molar-refractivity contribution in [3.63, 3.8) is 0 Å². The minimum absolute atomic E-state index is 0.0185. The number of benzene rings is 2. The fourth-order valence-corrected chi connectivity index (χ4v) is 4.07. The highest BCUT2D eigenvalue weighted by Crippen LogP contribution is 2.24. The van der Waals surface area contributed by atoms with Crippen molar-refractivity contribution in [3.8, 4) is 0 Å². The van der Waals surface area contributed by atoms with Gasteiger partial charge in [0, 0.05) is 37.4 Å². The molecule has 1 heterocycles. The molecule has 7 nitrogen and oxygen atoms in total. The van der Waals surface area contributed by atoms with Crippen molar-refractivity contribution in [2.24, 2.45) is 10.7 Å². The molecular formula is C24H31N5O2. The van der Waals surface area contributed by atoms with Gasteiger partial charge in [-0.1, -0.05) is 18.2 Å². The van der Waals surface area contributed by atoms with Crippen LogP contribution in [-0.2, 0) is 28.9 Å². The number of guanidine groups is 1. The molecule has 0 atom stereocenters. The maximum absolute atomic E-state index is 12.3. The van der Waals surface area contributed by atoms with Crippen LogP contribution in [0.3, 0.4) is 0 Å². The van der Waals surface area contributed by atoms with E-state index < -0.39 is 0 Å². The third-order valence-corrected chi connectivity index (χ3v) is 5.77. The summed E-state index contributed by atoms with van der Waals surface area (Å²) >= 11 is 0. The maximum atomic E-state index is 12.3. The van der Waals surface area contributed by atoms with Gasteiger partial charge in [-0.15, -0.1) is 0 Å². The van der Waals surface area contributed by atoms with Crippen LogP contribution >= 0.6 is 0 Å². The Morgan fingerprint density at radius 2 is 1.84 bits per heavy atom. The topological polar surface area (TPSA) is 92.0 Å². The van der Waals surface area contributed by atoms with Gasteiger partial charge in [-0.3, -0.25) is 9.69 Å². The minimum atomic E-state index is 0.0185. The molecule has 1 fully saturated rings. The van der Waals surface area contributed by atoms with Gasteiger partial charge >= 0.3 is 0 Å². The van der Waals surface area contributed by atoms with Crippen molar-refractivity contribution in [2.75, 3.05) is 43.5 Å². The fourth-order valence-electron chi connectivity index (χ4n) is 4.07. The molecule has 164 valence electrons. The SMILES string of the molecule is NC(=NCc1cccc(NC(=O)CCN2CCOCC2)c1)Nc1ccc2c(c1)CCC2. The summed E-state index contributed by atoms with van der Waals surface area (Å²) < 4.78 is 5.34. The number of morpholine rings is 1. The molecule has 0 saturated carbocycles. The molecular weight excluding hydrogens is 390 g/mol. The second kappa shape index (κ2) is 10.4. The minimum Gasteiger partial charge on any atom is -0.379 e. The number of carbonyl (C=O) groups excluding carboxylic acids is 1. The molecule has 2 aromatic carbocycles. The molecule has 1 aliphatic carbocycles. The molecule has 2 aromatic rings. The molecule has 2 aliphatic rings. The summed E-state index contributed by atoms with van der Waals surface area (Å²) in [6.07, 6.45) is 3.99. The van der Waals surface area contributed by atoms with E-state index in [0.29, 0.717) is 18.9 Å². The van der Waals surface area contributed by atoms with Crippen molar-refractivity contribution in [1.82, 2.24) is 4.90 Å². The summed E-state index contributed by atoms with van der Waals surface area (Å²) in [6, 6.07) is 14.1. The summed E-state index contributed by atoms with van der Waals surface area (Å²) in [6.45, 7) is 4.47. The van der Waals surface area contributed by atoms with Crippen molar-refractivity contribution in [2.45, 2.75) is 32.2 Å². The average Bonchev–Trinajstić information content (AvgIpc) is 3.25. The number of aryl methyl sites for hydroxylation is 2. The van der Waals surface area contributed by atoms with E-state index in [1.54, 1.807) is 0 Å². The van der Waals surface area contributed by atoms with Gasteiger partial charge in [0.05, 0.1) is 19.8 Å². The van der Waals surface area contributed by atoms with Gasteiger partial charge in [0.25, 0.3) is 0 Å². The van der Waals surface area contributed by atoms with Crippen LogP contribution in [0, 0.1) is 0 Å². The standard InChI is InChI=1S/C24H31N5O2/c25-24(28-22-8-7-19-4-2-5-20(19)16-22)26-17-18-3-1-6-21(15-18)27-23(30)9-10-29-11-13-31-14-12-29/h1,3,6-8,15-16H,2,4-5,9-14,17H2,(H,27,30)(H3,25,26,28). The summed E-state index contributed by atoms with van der Waals surface area (Å²) in [7, 11) is 0. The van der Waals surface area contributed by atoms with E-state index in [1.807, 2.05) is 24.3 Å². The predicted molar refractivity (Wildman–Crippen MR) is 124 cm³/mol. The Morgan fingerprint density at radius 1 is 1.03 bits per heavy atom. The molecule has 0 spiro atoms. The molecule has 31 heavy (non-hydrogen) atoms. The lowest BCUT2D eigenvalue weighted by atomic mass is 10.1. The predicted octanol–water partition coefficient (Wildman–Crippen LogP) is 2.76. The van der Waals surface area contributed by atoms with E-state index in [-0.39, 0.29) is 5.91 Å². The largest absolute Gasteiger partial charge is 0.379 e. The number of hydrogen-bond donors (Lipinski definition) is 3. The lowest BCUT2D eigenvalue weighted by Gasteiger charge is -2.26. The number of carbonyl (C=O) groups is 1. The highest BCUT2D eigenvalue weighted by molar-refractivity contribution is 5.92. The van der Waals surface area contributed by atoms with E-state index >= 15 is 0 Å². The van der Waals surface area contributed by atoms with Gasteiger partial charge in [0.1, 0.15) is 0 Å². The molecule has 7 heteroatoms. The monoisotopic (exact) mass is 421 g/mol. The Hall–Kier alpha value is -2.90. The first kappa shape index (κ1) is 21.3. The van der Waals surface area contributed by atoms with Crippen LogP contribution in [0.4, 0.5) is 11.4 Å². The quantitative estimate of drug-likeness (QED) is 0.472. The maximum Gasteiger partial charge on any atom is 0.225 e. The van der Waals surface area contributed by atoms with Crippen LogP contribution in [0.15, 0.2) is 47.5 Å².